The summed E-state index contributed by atoms with van der Waals surface area (Å²) in [5.41, 5.74) is 0.990. The van der Waals surface area contributed by atoms with Crippen molar-refractivity contribution in [2.45, 2.75) is 19.3 Å². The van der Waals surface area contributed by atoms with Gasteiger partial charge in [-0.25, -0.2) is 0 Å². The standard InChI is InChI=1S/C17H26N2O3/c1-22-16-6-4-14(5-7-16)11-17(21)18-12-15-3-2-8-19(13-15)9-10-20/h4-7,15,20H,2-3,8-13H2,1H3,(H,18,21). The van der Waals surface area contributed by atoms with Gasteiger partial charge < -0.3 is 20.1 Å². The van der Waals surface area contributed by atoms with Crippen molar-refractivity contribution in [1.82, 2.24) is 10.2 Å². The second kappa shape index (κ2) is 8.76. The maximum Gasteiger partial charge on any atom is 0.224 e. The fraction of sp³-hybridized carbons (Fsp3) is 0.588. The maximum absolute atomic E-state index is 12.0. The van der Waals surface area contributed by atoms with E-state index in [1.165, 1.54) is 0 Å². The molecule has 1 aliphatic heterocycles. The lowest BCUT2D eigenvalue weighted by molar-refractivity contribution is -0.120. The molecule has 0 radical (unpaired) electrons. The Bertz CT molecular complexity index is 459. The van der Waals surface area contributed by atoms with Gasteiger partial charge in [0.1, 0.15) is 5.75 Å². The lowest BCUT2D eigenvalue weighted by Gasteiger charge is -2.32. The minimum absolute atomic E-state index is 0.0597. The molecule has 5 nitrogen and oxygen atoms in total. The predicted molar refractivity (Wildman–Crippen MR) is 86.0 cm³/mol. The lowest BCUT2D eigenvalue weighted by Crippen LogP contribution is -2.42. The summed E-state index contributed by atoms with van der Waals surface area (Å²) in [6.07, 6.45) is 2.68. The second-order valence-corrected chi connectivity index (χ2v) is 5.86. The molecule has 1 fully saturated rings. The van der Waals surface area contributed by atoms with Gasteiger partial charge in [0.25, 0.3) is 0 Å². The number of nitrogens with one attached hydrogen (secondary N) is 1. The van der Waals surface area contributed by atoms with Gasteiger partial charge in [0.05, 0.1) is 20.1 Å². The Morgan fingerprint density at radius 1 is 1.41 bits per heavy atom. The van der Waals surface area contributed by atoms with Gasteiger partial charge in [0.2, 0.25) is 5.91 Å². The van der Waals surface area contributed by atoms with Crippen molar-refractivity contribution in [3.8, 4) is 5.75 Å². The van der Waals surface area contributed by atoms with Gasteiger partial charge in [-0.15, -0.1) is 0 Å². The van der Waals surface area contributed by atoms with Crippen LogP contribution in [-0.4, -0.2) is 55.8 Å². The van der Waals surface area contributed by atoms with Crippen molar-refractivity contribution in [1.29, 1.82) is 0 Å². The molecule has 122 valence electrons. The molecule has 0 aliphatic carbocycles. The SMILES string of the molecule is COc1ccc(CC(=O)NCC2CCCN(CCO)C2)cc1. The highest BCUT2D eigenvalue weighted by Gasteiger charge is 2.19. The van der Waals surface area contributed by atoms with E-state index >= 15 is 0 Å². The first-order valence-electron chi connectivity index (χ1n) is 7.94. The quantitative estimate of drug-likeness (QED) is 0.791. The van der Waals surface area contributed by atoms with Crippen LogP contribution in [0.1, 0.15) is 18.4 Å². The molecule has 1 saturated heterocycles. The van der Waals surface area contributed by atoms with Crippen molar-refractivity contribution < 1.29 is 14.6 Å². The number of piperidine rings is 1. The first kappa shape index (κ1) is 16.8. The molecule has 0 spiro atoms. The number of nitrogens with zero attached hydrogens (tertiary/aromatic N) is 1. The Hall–Kier alpha value is -1.59. The molecule has 1 atom stereocenters. The molecule has 1 aromatic carbocycles. The number of amides is 1. The highest BCUT2D eigenvalue weighted by atomic mass is 16.5. The number of carbonyl (C=O) groups excluding carboxylic acids is 1. The molecule has 1 heterocycles. The van der Waals surface area contributed by atoms with Gasteiger partial charge in [0.15, 0.2) is 0 Å². The van der Waals surface area contributed by atoms with E-state index in [2.05, 4.69) is 10.2 Å². The normalized spacial score (nSPS) is 18.9. The van der Waals surface area contributed by atoms with Crippen molar-refractivity contribution in [3.63, 3.8) is 0 Å². The summed E-state index contributed by atoms with van der Waals surface area (Å²) < 4.78 is 5.11. The van der Waals surface area contributed by atoms with E-state index < -0.39 is 0 Å². The summed E-state index contributed by atoms with van der Waals surface area (Å²) in [4.78, 5) is 14.3. The molecular formula is C17H26N2O3. The Morgan fingerprint density at radius 2 is 2.18 bits per heavy atom. The Balaban J connectivity index is 1.72. The van der Waals surface area contributed by atoms with Crippen LogP contribution in [0.15, 0.2) is 24.3 Å². The number of likely N-dealkylation sites (tertiary alicyclic amines) is 1. The molecule has 1 aliphatic rings. The maximum atomic E-state index is 12.0. The smallest absolute Gasteiger partial charge is 0.224 e. The van der Waals surface area contributed by atoms with E-state index in [-0.39, 0.29) is 12.5 Å². The van der Waals surface area contributed by atoms with Crippen LogP contribution in [0.4, 0.5) is 0 Å². The fourth-order valence-electron chi connectivity index (χ4n) is 2.91. The van der Waals surface area contributed by atoms with Gasteiger partial charge in [-0.3, -0.25) is 4.79 Å². The molecule has 0 saturated carbocycles. The van der Waals surface area contributed by atoms with Crippen LogP contribution in [0, 0.1) is 5.92 Å². The van der Waals surface area contributed by atoms with E-state index in [1.807, 2.05) is 24.3 Å². The van der Waals surface area contributed by atoms with Crippen LogP contribution in [0.2, 0.25) is 0 Å². The first-order valence-corrected chi connectivity index (χ1v) is 7.94. The molecule has 0 bridgehead atoms. The predicted octanol–water partition coefficient (Wildman–Crippen LogP) is 1.06. The lowest BCUT2D eigenvalue weighted by atomic mass is 9.98. The highest BCUT2D eigenvalue weighted by molar-refractivity contribution is 5.78. The summed E-state index contributed by atoms with van der Waals surface area (Å²) >= 11 is 0. The zero-order chi connectivity index (χ0) is 15.8. The number of aliphatic hydroxyl groups excluding tert-OH is 1. The second-order valence-electron chi connectivity index (χ2n) is 5.86. The first-order chi connectivity index (χ1) is 10.7. The van der Waals surface area contributed by atoms with Gasteiger partial charge >= 0.3 is 0 Å². The van der Waals surface area contributed by atoms with Gasteiger partial charge in [-0.2, -0.15) is 0 Å². The van der Waals surface area contributed by atoms with Crippen LogP contribution in [0.5, 0.6) is 5.75 Å². The monoisotopic (exact) mass is 306 g/mol. The van der Waals surface area contributed by atoms with Crippen LogP contribution < -0.4 is 10.1 Å². The fourth-order valence-corrected chi connectivity index (χ4v) is 2.91. The molecule has 1 aromatic rings. The third-order valence-corrected chi connectivity index (χ3v) is 4.13. The number of hydrogen-bond donors (Lipinski definition) is 2. The summed E-state index contributed by atoms with van der Waals surface area (Å²) in [6, 6.07) is 7.58. The molecular weight excluding hydrogens is 280 g/mol. The number of aliphatic hydroxyl groups is 1. The van der Waals surface area contributed by atoms with E-state index in [0.717, 1.165) is 50.3 Å². The van der Waals surface area contributed by atoms with E-state index in [0.29, 0.717) is 12.3 Å². The number of benzene rings is 1. The van der Waals surface area contributed by atoms with Crippen LogP contribution >= 0.6 is 0 Å². The zero-order valence-electron chi connectivity index (χ0n) is 13.3. The average molecular weight is 306 g/mol. The molecule has 22 heavy (non-hydrogen) atoms. The third-order valence-electron chi connectivity index (χ3n) is 4.13. The van der Waals surface area contributed by atoms with Crippen LogP contribution in [0.25, 0.3) is 0 Å². The summed E-state index contributed by atoms with van der Waals surface area (Å²) in [6.45, 7) is 3.67. The molecule has 0 aromatic heterocycles. The van der Waals surface area contributed by atoms with E-state index in [4.69, 9.17) is 9.84 Å². The molecule has 2 rings (SSSR count). The van der Waals surface area contributed by atoms with Gasteiger partial charge in [0, 0.05) is 19.6 Å². The number of hydrogen-bond acceptors (Lipinski definition) is 4. The number of methoxy groups -OCH3 is 1. The number of β-amino-alcohol motifs (C(OH)–C–C–N with tert-alkyl or cyclic N) is 1. The van der Waals surface area contributed by atoms with Crippen molar-refractivity contribution >= 4 is 5.91 Å². The Morgan fingerprint density at radius 3 is 2.86 bits per heavy atom. The van der Waals surface area contributed by atoms with E-state index in [9.17, 15) is 4.79 Å². The van der Waals surface area contributed by atoms with E-state index in [1.54, 1.807) is 7.11 Å². The number of ether oxygens (including phenoxy) is 1. The molecule has 5 heteroatoms. The highest BCUT2D eigenvalue weighted by Crippen LogP contribution is 2.15. The van der Waals surface area contributed by atoms with Crippen molar-refractivity contribution in [2.24, 2.45) is 5.92 Å². The molecule has 1 amide bonds. The third kappa shape index (κ3) is 5.31. The van der Waals surface area contributed by atoms with Gasteiger partial charge in [-0.05, 0) is 43.0 Å². The minimum Gasteiger partial charge on any atom is -0.497 e. The number of rotatable bonds is 7. The molecule has 1 unspecified atom stereocenters. The van der Waals surface area contributed by atoms with Crippen LogP contribution in [-0.2, 0) is 11.2 Å². The average Bonchev–Trinajstić information content (AvgIpc) is 2.54. The number of carbonyl (C=O) groups is 1. The summed E-state index contributed by atoms with van der Waals surface area (Å²) in [5, 5.41) is 12.0. The molecule has 2 N–H and O–H groups in total. The summed E-state index contributed by atoms with van der Waals surface area (Å²) in [7, 11) is 1.63. The van der Waals surface area contributed by atoms with Crippen molar-refractivity contribution in [3.05, 3.63) is 29.8 Å². The Labute approximate surface area is 132 Å². The topological polar surface area (TPSA) is 61.8 Å². The zero-order valence-corrected chi connectivity index (χ0v) is 13.3. The summed E-state index contributed by atoms with van der Waals surface area (Å²) in [5.74, 6) is 1.35. The van der Waals surface area contributed by atoms with Gasteiger partial charge in [-0.1, -0.05) is 12.1 Å². The largest absolute Gasteiger partial charge is 0.497 e. The van der Waals surface area contributed by atoms with Crippen molar-refractivity contribution in [2.75, 3.05) is 39.9 Å². The minimum atomic E-state index is 0.0597. The Kier molecular flexibility index (Phi) is 6.68. The van der Waals surface area contributed by atoms with Crippen LogP contribution in [0.3, 0.4) is 0 Å².